The fourth-order valence-corrected chi connectivity index (χ4v) is 1.64. The van der Waals surface area contributed by atoms with Gasteiger partial charge in [-0.25, -0.2) is 4.98 Å². The molecular formula is C11H10ClNO2. The molecule has 2 rings (SSSR count). The fourth-order valence-electron chi connectivity index (χ4n) is 1.42. The number of aryl methyl sites for hydroxylation is 1. The van der Waals surface area contributed by atoms with E-state index in [1.807, 2.05) is 25.1 Å². The number of aliphatic hydroxyl groups is 1. The van der Waals surface area contributed by atoms with Crippen LogP contribution in [0, 0.1) is 6.92 Å². The molecule has 1 heterocycles. The van der Waals surface area contributed by atoms with Gasteiger partial charge in [-0.1, -0.05) is 23.7 Å². The van der Waals surface area contributed by atoms with Gasteiger partial charge in [0.2, 0.25) is 5.89 Å². The van der Waals surface area contributed by atoms with Crippen molar-refractivity contribution in [3.63, 3.8) is 0 Å². The molecule has 0 saturated heterocycles. The Morgan fingerprint density at radius 2 is 2.13 bits per heavy atom. The summed E-state index contributed by atoms with van der Waals surface area (Å²) in [5.74, 6) is 0.923. The van der Waals surface area contributed by atoms with Crippen molar-refractivity contribution in [2.75, 3.05) is 0 Å². The summed E-state index contributed by atoms with van der Waals surface area (Å²) in [4.78, 5) is 4.07. The first-order valence-electron chi connectivity index (χ1n) is 4.54. The van der Waals surface area contributed by atoms with Crippen molar-refractivity contribution < 1.29 is 9.52 Å². The Morgan fingerprint density at radius 3 is 2.73 bits per heavy atom. The van der Waals surface area contributed by atoms with Crippen LogP contribution in [0.3, 0.4) is 0 Å². The minimum Gasteiger partial charge on any atom is -0.438 e. The highest BCUT2D eigenvalue weighted by Gasteiger charge is 2.13. The summed E-state index contributed by atoms with van der Waals surface area (Å²) in [5.41, 5.74) is 1.52. The van der Waals surface area contributed by atoms with Gasteiger partial charge in [0, 0.05) is 5.56 Å². The molecule has 1 N–H and O–H groups in total. The molecule has 0 saturated carbocycles. The molecule has 78 valence electrons. The highest BCUT2D eigenvalue weighted by molar-refractivity contribution is 6.33. The first-order valence-corrected chi connectivity index (χ1v) is 4.92. The van der Waals surface area contributed by atoms with E-state index in [2.05, 4.69) is 4.98 Å². The molecule has 0 spiro atoms. The molecule has 0 aliphatic heterocycles. The SMILES string of the molecule is Cc1nc(CO)oc1-c1ccccc1Cl. The van der Waals surface area contributed by atoms with Crippen molar-refractivity contribution in [2.45, 2.75) is 13.5 Å². The molecule has 15 heavy (non-hydrogen) atoms. The number of rotatable bonds is 2. The Bertz CT molecular complexity index is 479. The smallest absolute Gasteiger partial charge is 0.220 e. The molecule has 0 bridgehead atoms. The van der Waals surface area contributed by atoms with Gasteiger partial charge in [0.05, 0.1) is 10.7 Å². The van der Waals surface area contributed by atoms with E-state index in [0.717, 1.165) is 11.3 Å². The highest BCUT2D eigenvalue weighted by Crippen LogP contribution is 2.30. The van der Waals surface area contributed by atoms with E-state index < -0.39 is 0 Å². The van der Waals surface area contributed by atoms with E-state index in [0.29, 0.717) is 16.7 Å². The molecule has 0 amide bonds. The third-order valence-electron chi connectivity index (χ3n) is 2.09. The van der Waals surface area contributed by atoms with Gasteiger partial charge in [-0.05, 0) is 19.1 Å². The Labute approximate surface area is 92.3 Å². The second kappa shape index (κ2) is 4.04. The van der Waals surface area contributed by atoms with E-state index in [4.69, 9.17) is 21.1 Å². The lowest BCUT2D eigenvalue weighted by Crippen LogP contribution is -1.80. The maximum atomic E-state index is 8.90. The molecule has 0 radical (unpaired) electrons. The van der Waals surface area contributed by atoms with Gasteiger partial charge >= 0.3 is 0 Å². The highest BCUT2D eigenvalue weighted by atomic mass is 35.5. The van der Waals surface area contributed by atoms with Gasteiger partial charge in [-0.2, -0.15) is 0 Å². The summed E-state index contributed by atoms with van der Waals surface area (Å²) >= 11 is 6.03. The number of aliphatic hydroxyl groups excluding tert-OH is 1. The van der Waals surface area contributed by atoms with Crippen LogP contribution < -0.4 is 0 Å². The molecule has 0 aliphatic rings. The van der Waals surface area contributed by atoms with Gasteiger partial charge in [-0.15, -0.1) is 0 Å². The maximum absolute atomic E-state index is 8.90. The summed E-state index contributed by atoms with van der Waals surface area (Å²) in [6.45, 7) is 1.62. The lowest BCUT2D eigenvalue weighted by molar-refractivity contribution is 0.241. The first-order chi connectivity index (χ1) is 7.22. The summed E-state index contributed by atoms with van der Waals surface area (Å²) in [6, 6.07) is 7.38. The first kappa shape index (κ1) is 10.2. The summed E-state index contributed by atoms with van der Waals surface area (Å²) < 4.78 is 5.38. The number of nitrogens with zero attached hydrogens (tertiary/aromatic N) is 1. The predicted octanol–water partition coefficient (Wildman–Crippen LogP) is 2.80. The number of hydrogen-bond acceptors (Lipinski definition) is 3. The van der Waals surface area contributed by atoms with Crippen LogP contribution in [0.25, 0.3) is 11.3 Å². The van der Waals surface area contributed by atoms with Gasteiger partial charge in [0.25, 0.3) is 0 Å². The third kappa shape index (κ3) is 1.89. The normalized spacial score (nSPS) is 10.6. The van der Waals surface area contributed by atoms with Crippen molar-refractivity contribution in [2.24, 2.45) is 0 Å². The van der Waals surface area contributed by atoms with Crippen molar-refractivity contribution in [1.29, 1.82) is 0 Å². The van der Waals surface area contributed by atoms with Crippen LogP contribution in [0.15, 0.2) is 28.7 Å². The van der Waals surface area contributed by atoms with Crippen LogP contribution in [-0.2, 0) is 6.61 Å². The van der Waals surface area contributed by atoms with E-state index in [-0.39, 0.29) is 6.61 Å². The Morgan fingerprint density at radius 1 is 1.40 bits per heavy atom. The van der Waals surface area contributed by atoms with Gasteiger partial charge < -0.3 is 9.52 Å². The molecule has 0 unspecified atom stereocenters. The zero-order valence-electron chi connectivity index (χ0n) is 8.20. The molecule has 0 fully saturated rings. The topological polar surface area (TPSA) is 46.3 Å². The van der Waals surface area contributed by atoms with Crippen LogP contribution in [0.1, 0.15) is 11.6 Å². The molecule has 0 aliphatic carbocycles. The summed E-state index contributed by atoms with van der Waals surface area (Å²) in [5, 5.41) is 9.51. The lowest BCUT2D eigenvalue weighted by Gasteiger charge is -1.99. The average molecular weight is 224 g/mol. The van der Waals surface area contributed by atoms with Crippen LogP contribution in [-0.4, -0.2) is 10.1 Å². The van der Waals surface area contributed by atoms with Crippen LogP contribution in [0.5, 0.6) is 0 Å². The zero-order chi connectivity index (χ0) is 10.8. The second-order valence-electron chi connectivity index (χ2n) is 3.16. The zero-order valence-corrected chi connectivity index (χ0v) is 8.95. The van der Waals surface area contributed by atoms with Crippen LogP contribution >= 0.6 is 11.6 Å². The number of oxazole rings is 1. The van der Waals surface area contributed by atoms with E-state index >= 15 is 0 Å². The standard InChI is InChI=1S/C11H10ClNO2/c1-7-11(15-10(6-14)13-7)8-4-2-3-5-9(8)12/h2-5,14H,6H2,1H3. The fraction of sp³-hybridized carbons (Fsp3) is 0.182. The van der Waals surface area contributed by atoms with Crippen molar-refractivity contribution in [3.05, 3.63) is 40.9 Å². The van der Waals surface area contributed by atoms with Crippen LogP contribution in [0.4, 0.5) is 0 Å². The van der Waals surface area contributed by atoms with E-state index in [1.165, 1.54) is 0 Å². The molecular weight excluding hydrogens is 214 g/mol. The molecule has 0 atom stereocenters. The Kier molecular flexibility index (Phi) is 2.75. The Balaban J connectivity index is 2.54. The minimum atomic E-state index is -0.203. The summed E-state index contributed by atoms with van der Waals surface area (Å²) in [7, 11) is 0. The van der Waals surface area contributed by atoms with Crippen LogP contribution in [0.2, 0.25) is 5.02 Å². The number of halogens is 1. The quantitative estimate of drug-likeness (QED) is 0.852. The third-order valence-corrected chi connectivity index (χ3v) is 2.42. The van der Waals surface area contributed by atoms with Gasteiger partial charge in [-0.3, -0.25) is 0 Å². The van der Waals surface area contributed by atoms with Crippen molar-refractivity contribution >= 4 is 11.6 Å². The molecule has 2 aromatic rings. The average Bonchev–Trinajstić information content (AvgIpc) is 2.60. The van der Waals surface area contributed by atoms with E-state index in [1.54, 1.807) is 6.07 Å². The van der Waals surface area contributed by atoms with Gasteiger partial charge in [0.1, 0.15) is 6.61 Å². The van der Waals surface area contributed by atoms with Crippen molar-refractivity contribution in [1.82, 2.24) is 4.98 Å². The van der Waals surface area contributed by atoms with Gasteiger partial charge in [0.15, 0.2) is 5.76 Å². The largest absolute Gasteiger partial charge is 0.438 e. The predicted molar refractivity (Wildman–Crippen MR) is 57.6 cm³/mol. The molecule has 4 heteroatoms. The Hall–Kier alpha value is -1.32. The number of benzene rings is 1. The molecule has 1 aromatic carbocycles. The minimum absolute atomic E-state index is 0.203. The number of aromatic nitrogens is 1. The molecule has 3 nitrogen and oxygen atoms in total. The second-order valence-corrected chi connectivity index (χ2v) is 3.57. The lowest BCUT2D eigenvalue weighted by atomic mass is 10.1. The van der Waals surface area contributed by atoms with Crippen molar-refractivity contribution in [3.8, 4) is 11.3 Å². The summed E-state index contributed by atoms with van der Waals surface area (Å²) in [6.07, 6.45) is 0. The van der Waals surface area contributed by atoms with E-state index in [9.17, 15) is 0 Å². The number of hydrogen-bond donors (Lipinski definition) is 1. The molecule has 1 aromatic heterocycles. The maximum Gasteiger partial charge on any atom is 0.220 e. The monoisotopic (exact) mass is 223 g/mol.